The Balaban J connectivity index is 1.29. The quantitative estimate of drug-likeness (QED) is 0.167. The van der Waals surface area contributed by atoms with Crippen LogP contribution in [0, 0.1) is 6.92 Å². The van der Waals surface area contributed by atoms with Crippen LogP contribution < -0.4 is 26.4 Å². The van der Waals surface area contributed by atoms with E-state index in [1.165, 1.54) is 97.4 Å². The lowest BCUT2D eigenvalue weighted by atomic mass is 9.35. The second-order valence-corrected chi connectivity index (χ2v) is 20.6. The summed E-state index contributed by atoms with van der Waals surface area (Å²) >= 11 is 0. The Morgan fingerprint density at radius 3 is 1.97 bits per heavy atom. The van der Waals surface area contributed by atoms with E-state index in [1.807, 2.05) is 0 Å². The van der Waals surface area contributed by atoms with Gasteiger partial charge < -0.3 is 14.2 Å². The van der Waals surface area contributed by atoms with Gasteiger partial charge in [-0.25, -0.2) is 0 Å². The maximum atomic E-state index is 7.49. The number of benzene rings is 6. The molecule has 0 spiro atoms. The minimum absolute atomic E-state index is 0.00841. The third kappa shape index (κ3) is 5.08. The molecule has 7 aromatic rings. The molecule has 0 N–H and O–H groups in total. The highest BCUT2D eigenvalue weighted by Gasteiger charge is 2.62. The van der Waals surface area contributed by atoms with E-state index >= 15 is 0 Å². The molecular formula is C55H55BN2O. The fraction of sp³-hybridized carbons (Fsp3) is 0.309. The van der Waals surface area contributed by atoms with Gasteiger partial charge >= 0.3 is 0 Å². The van der Waals surface area contributed by atoms with E-state index in [2.05, 4.69) is 193 Å². The molecular weight excluding hydrogens is 715 g/mol. The molecule has 0 radical (unpaired) electrons. The Bertz CT molecular complexity index is 2860. The molecule has 1 saturated carbocycles. The SMILES string of the molecule is Cc1cc2c3c(c1)N1c4c(cc(-c5ccccc5)cc4C4(C)CCCCC14C)B3c1oc3cc(C(C)(C)C)ccc3c1N2c1ccc(C(C)(C)C)cc1-c1ccccc1. The number of anilines is 5. The maximum absolute atomic E-state index is 7.49. The summed E-state index contributed by atoms with van der Waals surface area (Å²) in [6.07, 6.45) is 4.84. The minimum Gasteiger partial charge on any atom is -0.468 e. The van der Waals surface area contributed by atoms with Crippen molar-refractivity contribution in [3.8, 4) is 22.3 Å². The smallest absolute Gasteiger partial charge is 0.297 e. The number of aryl methyl sites for hydroxylation is 1. The fourth-order valence-corrected chi connectivity index (χ4v) is 11.5. The monoisotopic (exact) mass is 770 g/mol. The van der Waals surface area contributed by atoms with Gasteiger partial charge in [0.2, 0.25) is 0 Å². The Labute approximate surface area is 351 Å². The molecule has 3 nitrogen and oxygen atoms in total. The van der Waals surface area contributed by atoms with Crippen LogP contribution in [0.4, 0.5) is 28.4 Å². The molecule has 1 aromatic heterocycles. The molecule has 0 bridgehead atoms. The predicted molar refractivity (Wildman–Crippen MR) is 251 cm³/mol. The van der Waals surface area contributed by atoms with Crippen LogP contribution in [0.15, 0.2) is 126 Å². The van der Waals surface area contributed by atoms with E-state index in [-0.39, 0.29) is 28.5 Å². The first-order valence-electron chi connectivity index (χ1n) is 21.9. The molecule has 1 aliphatic carbocycles. The Morgan fingerprint density at radius 2 is 1.25 bits per heavy atom. The second-order valence-electron chi connectivity index (χ2n) is 20.6. The van der Waals surface area contributed by atoms with E-state index in [9.17, 15) is 0 Å². The lowest BCUT2D eigenvalue weighted by Crippen LogP contribution is -2.64. The van der Waals surface area contributed by atoms with Gasteiger partial charge in [0.25, 0.3) is 6.71 Å². The highest BCUT2D eigenvalue weighted by molar-refractivity contribution is 7.00. The first kappa shape index (κ1) is 36.6. The Hall–Kier alpha value is -5.48. The summed E-state index contributed by atoms with van der Waals surface area (Å²) in [6.45, 7) is 21.2. The fourth-order valence-electron chi connectivity index (χ4n) is 11.5. The molecule has 4 aliphatic rings. The van der Waals surface area contributed by atoms with Gasteiger partial charge in [0.15, 0.2) is 0 Å². The number of hydrogen-bond donors (Lipinski definition) is 0. The van der Waals surface area contributed by atoms with Crippen molar-refractivity contribution in [2.24, 2.45) is 0 Å². The zero-order chi connectivity index (χ0) is 40.8. The number of hydrogen-bond acceptors (Lipinski definition) is 3. The molecule has 3 aliphatic heterocycles. The molecule has 2 unspecified atom stereocenters. The van der Waals surface area contributed by atoms with Gasteiger partial charge in [-0.15, -0.1) is 0 Å². The van der Waals surface area contributed by atoms with Gasteiger partial charge in [0.1, 0.15) is 5.58 Å². The number of furan rings is 1. The molecule has 4 heteroatoms. The molecule has 59 heavy (non-hydrogen) atoms. The first-order chi connectivity index (χ1) is 28.2. The summed E-state index contributed by atoms with van der Waals surface area (Å²) in [6, 6.07) is 46.3. The lowest BCUT2D eigenvalue weighted by Gasteiger charge is -2.52. The van der Waals surface area contributed by atoms with Crippen LogP contribution >= 0.6 is 0 Å². The average molecular weight is 771 g/mol. The first-order valence-corrected chi connectivity index (χ1v) is 21.9. The van der Waals surface area contributed by atoms with Crippen molar-refractivity contribution < 1.29 is 4.42 Å². The largest absolute Gasteiger partial charge is 0.468 e. The molecule has 0 saturated heterocycles. The average Bonchev–Trinajstić information content (AvgIpc) is 3.69. The van der Waals surface area contributed by atoms with Crippen LogP contribution in [0.5, 0.6) is 0 Å². The number of fused-ring (bicyclic) bond motifs is 9. The Kier molecular flexibility index (Phi) is 7.62. The molecule has 11 rings (SSSR count). The van der Waals surface area contributed by atoms with Crippen LogP contribution in [0.3, 0.4) is 0 Å². The van der Waals surface area contributed by atoms with Crippen molar-refractivity contribution in [3.63, 3.8) is 0 Å². The normalized spacial score (nSPS) is 20.4. The highest BCUT2D eigenvalue weighted by atomic mass is 16.3. The van der Waals surface area contributed by atoms with Crippen molar-refractivity contribution in [3.05, 3.63) is 144 Å². The topological polar surface area (TPSA) is 19.6 Å². The zero-order valence-electron chi connectivity index (χ0n) is 36.3. The summed E-state index contributed by atoms with van der Waals surface area (Å²) in [7, 11) is 0. The van der Waals surface area contributed by atoms with Gasteiger partial charge in [-0.2, -0.15) is 0 Å². The van der Waals surface area contributed by atoms with Crippen LogP contribution in [-0.4, -0.2) is 12.3 Å². The predicted octanol–water partition coefficient (Wildman–Crippen LogP) is 13.0. The summed E-state index contributed by atoms with van der Waals surface area (Å²) in [4.78, 5) is 5.43. The van der Waals surface area contributed by atoms with E-state index in [1.54, 1.807) is 0 Å². The lowest BCUT2D eigenvalue weighted by molar-refractivity contribution is 0.195. The molecule has 294 valence electrons. The maximum Gasteiger partial charge on any atom is 0.297 e. The van der Waals surface area contributed by atoms with E-state index in [0.717, 1.165) is 28.7 Å². The third-order valence-corrected chi connectivity index (χ3v) is 14.9. The van der Waals surface area contributed by atoms with Crippen molar-refractivity contribution in [1.29, 1.82) is 0 Å². The molecule has 6 aromatic carbocycles. The van der Waals surface area contributed by atoms with Crippen molar-refractivity contribution >= 4 is 62.7 Å². The third-order valence-electron chi connectivity index (χ3n) is 14.9. The molecule has 1 fully saturated rings. The minimum atomic E-state index is -0.0765. The van der Waals surface area contributed by atoms with Gasteiger partial charge in [0, 0.05) is 33.4 Å². The van der Waals surface area contributed by atoms with Gasteiger partial charge in [-0.05, 0) is 130 Å². The van der Waals surface area contributed by atoms with Crippen LogP contribution in [0.1, 0.15) is 103 Å². The van der Waals surface area contributed by atoms with E-state index < -0.39 is 0 Å². The second kappa shape index (κ2) is 12.3. The van der Waals surface area contributed by atoms with Crippen molar-refractivity contribution in [2.75, 3.05) is 9.80 Å². The summed E-state index contributed by atoms with van der Waals surface area (Å²) in [5.41, 5.74) is 21.4. The molecule has 2 atom stereocenters. The molecule has 4 heterocycles. The Morgan fingerprint density at radius 1 is 0.610 bits per heavy atom. The van der Waals surface area contributed by atoms with E-state index in [4.69, 9.17) is 4.42 Å². The number of nitrogens with zero attached hydrogens (tertiary/aromatic N) is 2. The van der Waals surface area contributed by atoms with Crippen molar-refractivity contribution in [2.45, 2.75) is 110 Å². The summed E-state index contributed by atoms with van der Waals surface area (Å²) < 4.78 is 7.49. The van der Waals surface area contributed by atoms with Gasteiger partial charge in [0.05, 0.1) is 22.6 Å². The number of rotatable bonds is 3. The van der Waals surface area contributed by atoms with Crippen LogP contribution in [-0.2, 0) is 16.2 Å². The van der Waals surface area contributed by atoms with Crippen molar-refractivity contribution in [1.82, 2.24) is 0 Å². The van der Waals surface area contributed by atoms with Crippen LogP contribution in [0.2, 0.25) is 0 Å². The van der Waals surface area contributed by atoms with Gasteiger partial charge in [-0.1, -0.05) is 140 Å². The van der Waals surface area contributed by atoms with Gasteiger partial charge in [-0.3, -0.25) is 0 Å². The van der Waals surface area contributed by atoms with E-state index in [0.29, 0.717) is 0 Å². The zero-order valence-corrected chi connectivity index (χ0v) is 36.3. The standard InChI is InChI=1S/C55H55BN2O/c1-34-28-45-48-46(29-34)58-50-42(54(8)26-16-17-27-55(54,58)9)30-37(35-18-12-10-13-19-35)31-43(50)56(48)51-49(40-24-22-39(53(5,6)7)33-47(40)59-51)57(45)44-25-23-38(52(2,3)4)32-41(44)36-20-14-11-15-21-36/h10-15,18-25,28-33H,16-17,26-27H2,1-9H3. The van der Waals surface area contributed by atoms with Crippen LogP contribution in [0.25, 0.3) is 33.2 Å². The summed E-state index contributed by atoms with van der Waals surface area (Å²) in [5.74, 6) is 0. The highest BCUT2D eigenvalue weighted by Crippen LogP contribution is 2.62. The summed E-state index contributed by atoms with van der Waals surface area (Å²) in [5, 5.41) is 1.16. The molecule has 0 amide bonds.